The Kier molecular flexibility index (Phi) is 5.36. The Labute approximate surface area is 170 Å². The van der Waals surface area contributed by atoms with E-state index in [1.165, 1.54) is 28.0 Å². The lowest BCUT2D eigenvalue weighted by Gasteiger charge is -2.33. The normalized spacial score (nSPS) is 17.0. The number of hydrogen-bond donors (Lipinski definition) is 0. The predicted octanol–water partition coefficient (Wildman–Crippen LogP) is 2.81. The molecule has 1 amide bonds. The maximum absolute atomic E-state index is 13.2. The van der Waals surface area contributed by atoms with Gasteiger partial charge in [0.2, 0.25) is 5.91 Å². The number of fused-ring (bicyclic) bond motifs is 1. The van der Waals surface area contributed by atoms with Crippen molar-refractivity contribution in [3.8, 4) is 0 Å². The fourth-order valence-corrected chi connectivity index (χ4v) is 4.74. The van der Waals surface area contributed by atoms with Crippen molar-refractivity contribution in [3.05, 3.63) is 67.9 Å². The first-order valence-corrected chi connectivity index (χ1v) is 10.6. The SMILES string of the molecule is C[C@@H]1CCCCN1C(=O)Cn1c(=O)n(Cc2ccc(F)cc2)c(=O)c2sccc21. The summed E-state index contributed by atoms with van der Waals surface area (Å²) < 4.78 is 16.1. The number of likely N-dealkylation sites (tertiary alicyclic amines) is 1. The van der Waals surface area contributed by atoms with Crippen molar-refractivity contribution in [2.24, 2.45) is 0 Å². The van der Waals surface area contributed by atoms with Crippen LogP contribution in [0, 0.1) is 5.82 Å². The van der Waals surface area contributed by atoms with Crippen LogP contribution in [0.15, 0.2) is 45.3 Å². The third-order valence-electron chi connectivity index (χ3n) is 5.51. The number of piperidine rings is 1. The Hall–Kier alpha value is -2.74. The second-order valence-corrected chi connectivity index (χ2v) is 8.37. The smallest absolute Gasteiger partial charge is 0.332 e. The number of thiophene rings is 1. The largest absolute Gasteiger partial charge is 0.338 e. The molecule has 1 atom stereocenters. The fourth-order valence-electron chi connectivity index (χ4n) is 3.89. The highest BCUT2D eigenvalue weighted by molar-refractivity contribution is 7.17. The Morgan fingerprint density at radius 2 is 1.90 bits per heavy atom. The second-order valence-electron chi connectivity index (χ2n) is 7.45. The molecule has 0 radical (unpaired) electrons. The van der Waals surface area contributed by atoms with Crippen LogP contribution >= 0.6 is 11.3 Å². The molecule has 0 bridgehead atoms. The van der Waals surface area contributed by atoms with Crippen LogP contribution < -0.4 is 11.2 Å². The molecule has 1 saturated heterocycles. The van der Waals surface area contributed by atoms with Crippen molar-refractivity contribution in [3.63, 3.8) is 0 Å². The van der Waals surface area contributed by atoms with Gasteiger partial charge in [0.15, 0.2) is 0 Å². The average molecular weight is 415 g/mol. The van der Waals surface area contributed by atoms with E-state index in [9.17, 15) is 18.8 Å². The van der Waals surface area contributed by atoms with E-state index in [0.29, 0.717) is 22.3 Å². The molecule has 1 aromatic carbocycles. The summed E-state index contributed by atoms with van der Waals surface area (Å²) in [6, 6.07) is 7.54. The molecule has 4 rings (SSSR count). The number of nitrogens with zero attached hydrogens (tertiary/aromatic N) is 3. The summed E-state index contributed by atoms with van der Waals surface area (Å²) in [7, 11) is 0. The van der Waals surface area contributed by atoms with Crippen molar-refractivity contribution in [1.82, 2.24) is 14.0 Å². The summed E-state index contributed by atoms with van der Waals surface area (Å²) in [6.45, 7) is 2.65. The molecule has 0 saturated carbocycles. The van der Waals surface area contributed by atoms with Gasteiger partial charge >= 0.3 is 5.69 Å². The minimum absolute atomic E-state index is 0.0279. The van der Waals surface area contributed by atoms with E-state index < -0.39 is 5.69 Å². The Bertz CT molecular complexity index is 1160. The lowest BCUT2D eigenvalue weighted by atomic mass is 10.0. The standard InChI is InChI=1S/C21H22FN3O3S/c1-14-4-2-3-10-23(14)18(26)13-24-17-9-11-29-19(17)20(27)25(21(24)28)12-15-5-7-16(22)8-6-15/h5-9,11,14H,2-4,10,12-13H2,1H3/t14-/m1/s1. The van der Waals surface area contributed by atoms with Crippen LogP contribution in [0.5, 0.6) is 0 Å². The summed E-state index contributed by atoms with van der Waals surface area (Å²) >= 11 is 1.25. The minimum Gasteiger partial charge on any atom is -0.338 e. The van der Waals surface area contributed by atoms with E-state index in [1.807, 2.05) is 11.8 Å². The van der Waals surface area contributed by atoms with Crippen molar-refractivity contribution < 1.29 is 9.18 Å². The molecular formula is C21H22FN3O3S. The molecule has 6 nitrogen and oxygen atoms in total. The first-order chi connectivity index (χ1) is 14.0. The van der Waals surface area contributed by atoms with E-state index in [1.54, 1.807) is 23.6 Å². The van der Waals surface area contributed by atoms with E-state index in [0.717, 1.165) is 23.8 Å². The molecule has 1 fully saturated rings. The number of aromatic nitrogens is 2. The number of carbonyl (C=O) groups excluding carboxylic acids is 1. The van der Waals surface area contributed by atoms with Crippen LogP contribution in [0.3, 0.4) is 0 Å². The molecule has 3 aromatic rings. The molecule has 0 spiro atoms. The van der Waals surface area contributed by atoms with Crippen molar-refractivity contribution in [2.45, 2.75) is 45.3 Å². The highest BCUT2D eigenvalue weighted by Crippen LogP contribution is 2.19. The average Bonchev–Trinajstić information content (AvgIpc) is 3.20. The van der Waals surface area contributed by atoms with Gasteiger partial charge in [-0.2, -0.15) is 0 Å². The molecule has 0 N–H and O–H groups in total. The van der Waals surface area contributed by atoms with Gasteiger partial charge in [-0.05, 0) is 55.3 Å². The molecule has 1 aliphatic rings. The minimum atomic E-state index is -0.525. The summed E-state index contributed by atoms with van der Waals surface area (Å²) in [5.41, 5.74) is 0.213. The fraction of sp³-hybridized carbons (Fsp3) is 0.381. The molecule has 0 aliphatic carbocycles. The van der Waals surface area contributed by atoms with Crippen LogP contribution in [0.4, 0.5) is 4.39 Å². The zero-order valence-electron chi connectivity index (χ0n) is 16.1. The Morgan fingerprint density at radius 3 is 2.62 bits per heavy atom. The third kappa shape index (κ3) is 3.76. The van der Waals surface area contributed by atoms with Gasteiger partial charge in [-0.25, -0.2) is 9.18 Å². The highest BCUT2D eigenvalue weighted by atomic mass is 32.1. The van der Waals surface area contributed by atoms with Gasteiger partial charge in [0.1, 0.15) is 17.1 Å². The maximum Gasteiger partial charge on any atom is 0.332 e. The molecule has 8 heteroatoms. The van der Waals surface area contributed by atoms with Gasteiger partial charge in [-0.1, -0.05) is 12.1 Å². The molecule has 1 aliphatic heterocycles. The topological polar surface area (TPSA) is 64.3 Å². The zero-order chi connectivity index (χ0) is 20.5. The lowest BCUT2D eigenvalue weighted by molar-refractivity contribution is -0.135. The maximum atomic E-state index is 13.2. The molecule has 152 valence electrons. The van der Waals surface area contributed by atoms with Gasteiger partial charge < -0.3 is 4.90 Å². The first-order valence-electron chi connectivity index (χ1n) is 9.70. The van der Waals surface area contributed by atoms with Gasteiger partial charge in [0, 0.05) is 12.6 Å². The van der Waals surface area contributed by atoms with Crippen molar-refractivity contribution in [1.29, 1.82) is 0 Å². The van der Waals surface area contributed by atoms with Gasteiger partial charge in [0.25, 0.3) is 5.56 Å². The lowest BCUT2D eigenvalue weighted by Crippen LogP contribution is -2.47. The van der Waals surface area contributed by atoms with E-state index in [-0.39, 0.29) is 36.4 Å². The van der Waals surface area contributed by atoms with E-state index in [2.05, 4.69) is 0 Å². The van der Waals surface area contributed by atoms with Crippen LogP contribution in [-0.4, -0.2) is 32.5 Å². The van der Waals surface area contributed by atoms with Crippen LogP contribution in [-0.2, 0) is 17.9 Å². The monoisotopic (exact) mass is 415 g/mol. The molecule has 29 heavy (non-hydrogen) atoms. The predicted molar refractivity (Wildman–Crippen MR) is 111 cm³/mol. The van der Waals surface area contributed by atoms with Gasteiger partial charge in [0.05, 0.1) is 12.1 Å². The third-order valence-corrected chi connectivity index (χ3v) is 6.40. The van der Waals surface area contributed by atoms with Crippen molar-refractivity contribution in [2.75, 3.05) is 6.54 Å². The number of hydrogen-bond acceptors (Lipinski definition) is 4. The summed E-state index contributed by atoms with van der Waals surface area (Å²) in [5, 5.41) is 1.75. The number of halogens is 1. The number of amides is 1. The van der Waals surface area contributed by atoms with E-state index in [4.69, 9.17) is 0 Å². The molecule has 3 heterocycles. The molecule has 2 aromatic heterocycles. The van der Waals surface area contributed by atoms with Gasteiger partial charge in [-0.3, -0.25) is 18.7 Å². The van der Waals surface area contributed by atoms with Crippen molar-refractivity contribution >= 4 is 27.5 Å². The second kappa shape index (κ2) is 7.94. The van der Waals surface area contributed by atoms with Crippen LogP contribution in [0.2, 0.25) is 0 Å². The number of carbonyl (C=O) groups is 1. The summed E-state index contributed by atoms with van der Waals surface area (Å²) in [6.07, 6.45) is 3.02. The number of benzene rings is 1. The Morgan fingerprint density at radius 1 is 1.14 bits per heavy atom. The highest BCUT2D eigenvalue weighted by Gasteiger charge is 2.25. The van der Waals surface area contributed by atoms with Crippen LogP contribution in [0.25, 0.3) is 10.2 Å². The Balaban J connectivity index is 1.74. The summed E-state index contributed by atoms with van der Waals surface area (Å²) in [4.78, 5) is 40.8. The van der Waals surface area contributed by atoms with Crippen LogP contribution in [0.1, 0.15) is 31.7 Å². The molecule has 0 unspecified atom stereocenters. The quantitative estimate of drug-likeness (QED) is 0.658. The zero-order valence-corrected chi connectivity index (χ0v) is 17.0. The van der Waals surface area contributed by atoms with E-state index >= 15 is 0 Å². The summed E-state index contributed by atoms with van der Waals surface area (Å²) in [5.74, 6) is -0.493. The van der Waals surface area contributed by atoms with Gasteiger partial charge in [-0.15, -0.1) is 11.3 Å². The molecular weight excluding hydrogens is 393 g/mol. The number of rotatable bonds is 4. The first kappa shape index (κ1) is 19.6.